The predicted molar refractivity (Wildman–Crippen MR) is 79.5 cm³/mol. The Morgan fingerprint density at radius 1 is 1.15 bits per heavy atom. The van der Waals surface area contributed by atoms with Gasteiger partial charge in [-0.05, 0) is 42.9 Å². The molecule has 0 bridgehead atoms. The van der Waals surface area contributed by atoms with Crippen LogP contribution in [0.2, 0.25) is 0 Å². The normalized spacial score (nSPS) is 16.9. The van der Waals surface area contributed by atoms with Crippen molar-refractivity contribution in [2.75, 3.05) is 0 Å². The molecule has 4 nitrogen and oxygen atoms in total. The van der Waals surface area contributed by atoms with Crippen LogP contribution in [0.1, 0.15) is 43.2 Å². The van der Waals surface area contributed by atoms with Crippen molar-refractivity contribution in [2.45, 2.75) is 39.0 Å². The molecule has 20 heavy (non-hydrogen) atoms. The van der Waals surface area contributed by atoms with E-state index < -0.39 is 0 Å². The van der Waals surface area contributed by atoms with Gasteiger partial charge >= 0.3 is 0 Å². The molecule has 0 aliphatic heterocycles. The monoisotopic (exact) mass is 268 g/mol. The fraction of sp³-hybridized carbons (Fsp3) is 0.438. The molecule has 104 valence electrons. The van der Waals surface area contributed by atoms with E-state index in [1.54, 1.807) is 12.7 Å². The molecule has 1 fully saturated rings. The number of nitrogens with zero attached hydrogens (tertiary/aromatic N) is 4. The Labute approximate surface area is 119 Å². The van der Waals surface area contributed by atoms with E-state index in [2.05, 4.69) is 40.3 Å². The molecule has 1 aliphatic rings. The standard InChI is InChI=1S/C16H20N4/c1-13-9-16(20-11-18-19-12-20)17-10-15(13)8-7-14-5-3-2-4-6-14/h7-12,14H,2-6H2,1H3/b8-7+. The second kappa shape index (κ2) is 5.99. The summed E-state index contributed by atoms with van der Waals surface area (Å²) in [5.74, 6) is 1.61. The zero-order chi connectivity index (χ0) is 13.8. The number of hydrogen-bond acceptors (Lipinski definition) is 3. The van der Waals surface area contributed by atoms with Crippen LogP contribution in [0.4, 0.5) is 0 Å². The van der Waals surface area contributed by atoms with Gasteiger partial charge in [-0.3, -0.25) is 4.57 Å². The molecule has 4 heteroatoms. The Balaban J connectivity index is 1.75. The van der Waals surface area contributed by atoms with E-state index >= 15 is 0 Å². The lowest BCUT2D eigenvalue weighted by Gasteiger charge is -2.17. The van der Waals surface area contributed by atoms with Gasteiger partial charge in [0.05, 0.1) is 0 Å². The van der Waals surface area contributed by atoms with E-state index in [-0.39, 0.29) is 0 Å². The van der Waals surface area contributed by atoms with Gasteiger partial charge in [0, 0.05) is 6.20 Å². The van der Waals surface area contributed by atoms with Crippen LogP contribution in [-0.2, 0) is 0 Å². The number of aromatic nitrogens is 4. The van der Waals surface area contributed by atoms with Gasteiger partial charge in [0.2, 0.25) is 0 Å². The van der Waals surface area contributed by atoms with Gasteiger partial charge in [-0.1, -0.05) is 31.4 Å². The molecule has 0 aromatic carbocycles. The van der Waals surface area contributed by atoms with Crippen molar-refractivity contribution in [3.8, 4) is 5.82 Å². The Morgan fingerprint density at radius 2 is 1.90 bits per heavy atom. The van der Waals surface area contributed by atoms with Crippen molar-refractivity contribution < 1.29 is 0 Å². The summed E-state index contributed by atoms with van der Waals surface area (Å²) in [5.41, 5.74) is 2.43. The summed E-state index contributed by atoms with van der Waals surface area (Å²) in [5, 5.41) is 7.61. The Kier molecular flexibility index (Phi) is 3.90. The van der Waals surface area contributed by atoms with Gasteiger partial charge in [0.15, 0.2) is 0 Å². The quantitative estimate of drug-likeness (QED) is 0.854. The van der Waals surface area contributed by atoms with Crippen LogP contribution in [0.5, 0.6) is 0 Å². The van der Waals surface area contributed by atoms with Crippen molar-refractivity contribution in [2.24, 2.45) is 5.92 Å². The molecule has 0 radical (unpaired) electrons. The van der Waals surface area contributed by atoms with E-state index in [9.17, 15) is 0 Å². The first-order valence-electron chi connectivity index (χ1n) is 7.33. The molecule has 1 saturated carbocycles. The largest absolute Gasteiger partial charge is 0.272 e. The van der Waals surface area contributed by atoms with Gasteiger partial charge < -0.3 is 0 Å². The first kappa shape index (κ1) is 13.0. The summed E-state index contributed by atoms with van der Waals surface area (Å²) in [6, 6.07) is 2.07. The van der Waals surface area contributed by atoms with Gasteiger partial charge in [-0.15, -0.1) is 10.2 Å². The Bertz CT molecular complexity index is 581. The molecule has 0 spiro atoms. The highest BCUT2D eigenvalue weighted by Gasteiger charge is 2.10. The first-order valence-corrected chi connectivity index (χ1v) is 7.33. The molecule has 2 aromatic heterocycles. The minimum absolute atomic E-state index is 0.751. The van der Waals surface area contributed by atoms with Gasteiger partial charge in [0.25, 0.3) is 0 Å². The molecule has 2 aromatic rings. The SMILES string of the molecule is Cc1cc(-n2cnnc2)ncc1/C=C/C1CCCCC1. The minimum atomic E-state index is 0.751. The molecule has 3 rings (SSSR count). The lowest BCUT2D eigenvalue weighted by atomic mass is 9.88. The summed E-state index contributed by atoms with van der Waals surface area (Å²) in [4.78, 5) is 4.48. The fourth-order valence-electron chi connectivity index (χ4n) is 2.75. The molecule has 0 amide bonds. The average molecular weight is 268 g/mol. The summed E-state index contributed by atoms with van der Waals surface area (Å²) in [6.07, 6.45) is 16.7. The summed E-state index contributed by atoms with van der Waals surface area (Å²) >= 11 is 0. The number of aryl methyl sites for hydroxylation is 1. The Morgan fingerprint density at radius 3 is 2.60 bits per heavy atom. The van der Waals surface area contributed by atoms with Crippen LogP contribution in [0, 0.1) is 12.8 Å². The second-order valence-corrected chi connectivity index (χ2v) is 5.53. The lowest BCUT2D eigenvalue weighted by molar-refractivity contribution is 0.420. The van der Waals surface area contributed by atoms with Gasteiger partial charge in [-0.2, -0.15) is 0 Å². The first-order chi connectivity index (χ1) is 9.83. The maximum Gasteiger partial charge on any atom is 0.139 e. The van der Waals surface area contributed by atoms with E-state index in [4.69, 9.17) is 0 Å². The van der Waals surface area contributed by atoms with E-state index in [0.29, 0.717) is 0 Å². The molecule has 0 N–H and O–H groups in total. The Hall–Kier alpha value is -1.97. The molecule has 0 atom stereocenters. The number of allylic oxidation sites excluding steroid dienone is 1. The van der Waals surface area contributed by atoms with Gasteiger partial charge in [0.1, 0.15) is 18.5 Å². The molecule has 0 unspecified atom stereocenters. The molecule has 2 heterocycles. The van der Waals surface area contributed by atoms with Crippen LogP contribution in [0.25, 0.3) is 11.9 Å². The third-order valence-corrected chi connectivity index (χ3v) is 4.02. The van der Waals surface area contributed by atoms with Crippen LogP contribution in [-0.4, -0.2) is 19.7 Å². The predicted octanol–water partition coefficient (Wildman–Crippen LogP) is 3.56. The van der Waals surface area contributed by atoms with Crippen molar-refractivity contribution in [1.82, 2.24) is 19.7 Å². The summed E-state index contributed by atoms with van der Waals surface area (Å²) in [6.45, 7) is 2.12. The summed E-state index contributed by atoms with van der Waals surface area (Å²) < 4.78 is 1.82. The zero-order valence-electron chi connectivity index (χ0n) is 11.9. The zero-order valence-corrected chi connectivity index (χ0v) is 11.9. The van der Waals surface area contributed by atoms with E-state index in [0.717, 1.165) is 11.7 Å². The number of rotatable bonds is 3. The van der Waals surface area contributed by atoms with Crippen molar-refractivity contribution in [3.63, 3.8) is 0 Å². The van der Waals surface area contributed by atoms with Crippen LogP contribution in [0.15, 0.2) is 31.0 Å². The average Bonchev–Trinajstić information content (AvgIpc) is 3.01. The molecule has 1 aliphatic carbocycles. The van der Waals surface area contributed by atoms with E-state index in [1.807, 2.05) is 10.8 Å². The fourth-order valence-corrected chi connectivity index (χ4v) is 2.75. The third-order valence-electron chi connectivity index (χ3n) is 4.02. The maximum absolute atomic E-state index is 4.48. The van der Waals surface area contributed by atoms with Crippen LogP contribution >= 0.6 is 0 Å². The van der Waals surface area contributed by atoms with Crippen molar-refractivity contribution in [3.05, 3.63) is 42.1 Å². The smallest absolute Gasteiger partial charge is 0.139 e. The highest BCUT2D eigenvalue weighted by Crippen LogP contribution is 2.25. The van der Waals surface area contributed by atoms with Gasteiger partial charge in [-0.25, -0.2) is 4.98 Å². The lowest BCUT2D eigenvalue weighted by Crippen LogP contribution is -2.02. The topological polar surface area (TPSA) is 43.6 Å². The van der Waals surface area contributed by atoms with E-state index in [1.165, 1.54) is 43.2 Å². The molecular formula is C16H20N4. The maximum atomic E-state index is 4.48. The molecule has 0 saturated heterocycles. The second-order valence-electron chi connectivity index (χ2n) is 5.53. The van der Waals surface area contributed by atoms with Crippen molar-refractivity contribution >= 4 is 6.08 Å². The van der Waals surface area contributed by atoms with Crippen LogP contribution in [0.3, 0.4) is 0 Å². The number of pyridine rings is 1. The third kappa shape index (κ3) is 2.95. The minimum Gasteiger partial charge on any atom is -0.272 e. The highest BCUT2D eigenvalue weighted by molar-refractivity contribution is 5.54. The van der Waals surface area contributed by atoms with Crippen LogP contribution < -0.4 is 0 Å². The molecular weight excluding hydrogens is 248 g/mol. The van der Waals surface area contributed by atoms with Crippen molar-refractivity contribution in [1.29, 1.82) is 0 Å². The number of hydrogen-bond donors (Lipinski definition) is 0. The summed E-state index contributed by atoms with van der Waals surface area (Å²) in [7, 11) is 0. The highest BCUT2D eigenvalue weighted by atomic mass is 15.2.